The minimum atomic E-state index is 0.197. The van der Waals surface area contributed by atoms with E-state index in [1.54, 1.807) is 0 Å². The Morgan fingerprint density at radius 2 is 2.00 bits per heavy atom. The van der Waals surface area contributed by atoms with Crippen LogP contribution in [0.2, 0.25) is 0 Å². The zero-order chi connectivity index (χ0) is 11.0. The molecule has 4 heteroatoms. The fraction of sp³-hybridized carbons (Fsp3) is 1.00. The highest BCUT2D eigenvalue weighted by Crippen LogP contribution is 2.22. The molecule has 3 rings (SSSR count). The molecule has 3 aliphatic heterocycles. The van der Waals surface area contributed by atoms with Crippen molar-refractivity contribution in [3.05, 3.63) is 0 Å². The lowest BCUT2D eigenvalue weighted by atomic mass is 10.1. The standard InChI is InChI=1S/C11H23N3O/c1-9-7-13-5-6-14(9)11(8-13)15-10(2)12(3)4/h9-11H,5-8H2,1-4H3. The zero-order valence-corrected chi connectivity index (χ0v) is 10.3. The molecule has 2 bridgehead atoms. The van der Waals surface area contributed by atoms with Gasteiger partial charge in [-0.2, -0.15) is 0 Å². The zero-order valence-electron chi connectivity index (χ0n) is 10.3. The van der Waals surface area contributed by atoms with Crippen LogP contribution >= 0.6 is 0 Å². The lowest BCUT2D eigenvalue weighted by Crippen LogP contribution is -2.66. The Hall–Kier alpha value is -0.160. The van der Waals surface area contributed by atoms with E-state index in [0.29, 0.717) is 12.3 Å². The second-order valence-corrected chi connectivity index (χ2v) is 5.00. The molecule has 0 amide bonds. The summed E-state index contributed by atoms with van der Waals surface area (Å²) in [6, 6.07) is 0.645. The molecule has 0 saturated carbocycles. The monoisotopic (exact) mass is 213 g/mol. The fourth-order valence-electron chi connectivity index (χ4n) is 2.44. The molecule has 5 atom stereocenters. The first-order valence-electron chi connectivity index (χ1n) is 5.88. The van der Waals surface area contributed by atoms with Gasteiger partial charge in [0, 0.05) is 32.2 Å². The first-order valence-corrected chi connectivity index (χ1v) is 5.88. The number of rotatable bonds is 3. The first kappa shape index (κ1) is 11.3. The number of hydrogen-bond acceptors (Lipinski definition) is 4. The lowest BCUT2D eigenvalue weighted by Gasteiger charge is -2.51. The summed E-state index contributed by atoms with van der Waals surface area (Å²) in [6.45, 7) is 9.05. The first-order chi connectivity index (χ1) is 7.08. The maximum Gasteiger partial charge on any atom is 0.125 e. The third kappa shape index (κ3) is 2.33. The van der Waals surface area contributed by atoms with Crippen LogP contribution in [0.4, 0.5) is 0 Å². The molecular weight excluding hydrogens is 190 g/mol. The van der Waals surface area contributed by atoms with Gasteiger partial charge in [0.25, 0.3) is 0 Å². The molecule has 5 unspecified atom stereocenters. The van der Waals surface area contributed by atoms with Gasteiger partial charge >= 0.3 is 0 Å². The maximum absolute atomic E-state index is 6.07. The highest BCUT2D eigenvalue weighted by atomic mass is 16.5. The van der Waals surface area contributed by atoms with Crippen LogP contribution in [0.15, 0.2) is 0 Å². The number of piperazine rings is 3. The Morgan fingerprint density at radius 3 is 2.53 bits per heavy atom. The predicted octanol–water partition coefficient (Wildman–Crippen LogP) is 0.256. The van der Waals surface area contributed by atoms with Gasteiger partial charge in [0.15, 0.2) is 0 Å². The quantitative estimate of drug-likeness (QED) is 0.626. The second-order valence-electron chi connectivity index (χ2n) is 5.00. The Kier molecular flexibility index (Phi) is 3.30. The molecule has 3 heterocycles. The smallest absolute Gasteiger partial charge is 0.125 e. The minimum Gasteiger partial charge on any atom is -0.344 e. The van der Waals surface area contributed by atoms with E-state index in [4.69, 9.17) is 4.74 Å². The number of ether oxygens (including phenoxy) is 1. The number of fused-ring (bicyclic) bond motifs is 3. The van der Waals surface area contributed by atoms with Gasteiger partial charge in [-0.3, -0.25) is 14.7 Å². The van der Waals surface area contributed by atoms with Crippen molar-refractivity contribution < 1.29 is 4.74 Å². The molecule has 0 aromatic rings. The van der Waals surface area contributed by atoms with Crippen molar-refractivity contribution in [2.24, 2.45) is 0 Å². The van der Waals surface area contributed by atoms with E-state index in [2.05, 4.69) is 42.6 Å². The molecule has 3 aliphatic rings. The molecule has 0 aromatic heterocycles. The molecule has 4 nitrogen and oxygen atoms in total. The molecule has 0 spiro atoms. The fourth-order valence-corrected chi connectivity index (χ4v) is 2.44. The summed E-state index contributed by atoms with van der Waals surface area (Å²) >= 11 is 0. The van der Waals surface area contributed by atoms with Crippen LogP contribution in [0.3, 0.4) is 0 Å². The predicted molar refractivity (Wildman–Crippen MR) is 60.6 cm³/mol. The highest BCUT2D eigenvalue weighted by molar-refractivity contribution is 4.88. The highest BCUT2D eigenvalue weighted by Gasteiger charge is 2.37. The Labute approximate surface area is 92.8 Å². The van der Waals surface area contributed by atoms with E-state index < -0.39 is 0 Å². The van der Waals surface area contributed by atoms with Crippen LogP contribution in [0.25, 0.3) is 0 Å². The third-order valence-corrected chi connectivity index (χ3v) is 3.63. The van der Waals surface area contributed by atoms with Crippen molar-refractivity contribution in [2.75, 3.05) is 40.3 Å². The number of nitrogens with zero attached hydrogens (tertiary/aromatic N) is 3. The summed E-state index contributed by atoms with van der Waals surface area (Å²) in [7, 11) is 4.12. The largest absolute Gasteiger partial charge is 0.344 e. The number of hydrogen-bond donors (Lipinski definition) is 0. The minimum absolute atomic E-state index is 0.197. The molecule has 88 valence electrons. The van der Waals surface area contributed by atoms with Crippen LogP contribution in [0.1, 0.15) is 13.8 Å². The van der Waals surface area contributed by atoms with Gasteiger partial charge in [0.2, 0.25) is 0 Å². The van der Waals surface area contributed by atoms with E-state index in [9.17, 15) is 0 Å². The van der Waals surface area contributed by atoms with E-state index in [-0.39, 0.29) is 6.23 Å². The van der Waals surface area contributed by atoms with Gasteiger partial charge in [0.05, 0.1) is 0 Å². The van der Waals surface area contributed by atoms with Crippen molar-refractivity contribution >= 4 is 0 Å². The van der Waals surface area contributed by atoms with Crippen LogP contribution in [0, 0.1) is 0 Å². The van der Waals surface area contributed by atoms with Crippen molar-refractivity contribution in [3.8, 4) is 0 Å². The van der Waals surface area contributed by atoms with E-state index >= 15 is 0 Å². The van der Waals surface area contributed by atoms with Gasteiger partial charge in [-0.15, -0.1) is 0 Å². The lowest BCUT2D eigenvalue weighted by molar-refractivity contribution is -0.194. The average molecular weight is 213 g/mol. The average Bonchev–Trinajstić information content (AvgIpc) is 2.17. The van der Waals surface area contributed by atoms with Crippen LogP contribution in [-0.4, -0.2) is 73.5 Å². The van der Waals surface area contributed by atoms with Crippen LogP contribution in [-0.2, 0) is 4.74 Å². The Balaban J connectivity index is 1.93. The van der Waals surface area contributed by atoms with Gasteiger partial charge in [0.1, 0.15) is 12.5 Å². The maximum atomic E-state index is 6.07. The SMILES string of the molecule is CC(OC1CN2CCN1C(C)C2)N(C)C. The van der Waals surface area contributed by atoms with Gasteiger partial charge < -0.3 is 4.74 Å². The van der Waals surface area contributed by atoms with Crippen molar-refractivity contribution in [1.82, 2.24) is 14.7 Å². The van der Waals surface area contributed by atoms with Gasteiger partial charge in [-0.1, -0.05) is 0 Å². The molecule has 0 radical (unpaired) electrons. The second kappa shape index (κ2) is 4.37. The normalized spacial score (nSPS) is 42.2. The van der Waals surface area contributed by atoms with E-state index in [0.717, 1.165) is 13.1 Å². The van der Waals surface area contributed by atoms with Crippen molar-refractivity contribution in [2.45, 2.75) is 32.3 Å². The molecule has 0 N–H and O–H groups in total. The summed E-state index contributed by atoms with van der Waals surface area (Å²) in [5, 5.41) is 0. The molecular formula is C11H23N3O. The summed E-state index contributed by atoms with van der Waals surface area (Å²) in [6.07, 6.45) is 0.489. The van der Waals surface area contributed by atoms with Crippen molar-refractivity contribution in [1.29, 1.82) is 0 Å². The van der Waals surface area contributed by atoms with Crippen LogP contribution < -0.4 is 0 Å². The molecule has 3 saturated heterocycles. The Morgan fingerprint density at radius 1 is 1.27 bits per heavy atom. The van der Waals surface area contributed by atoms with E-state index in [1.165, 1.54) is 13.1 Å². The van der Waals surface area contributed by atoms with Gasteiger partial charge in [-0.25, -0.2) is 0 Å². The molecule has 15 heavy (non-hydrogen) atoms. The topological polar surface area (TPSA) is 19.0 Å². The summed E-state index contributed by atoms with van der Waals surface area (Å²) in [5.74, 6) is 0. The summed E-state index contributed by atoms with van der Waals surface area (Å²) in [4.78, 5) is 7.13. The molecule has 3 fully saturated rings. The van der Waals surface area contributed by atoms with Crippen LogP contribution in [0.5, 0.6) is 0 Å². The summed E-state index contributed by atoms with van der Waals surface area (Å²) < 4.78 is 6.07. The van der Waals surface area contributed by atoms with Crippen molar-refractivity contribution in [3.63, 3.8) is 0 Å². The Bertz CT molecular complexity index is 222. The molecule has 0 aliphatic carbocycles. The van der Waals surface area contributed by atoms with Gasteiger partial charge in [-0.05, 0) is 27.9 Å². The van der Waals surface area contributed by atoms with E-state index in [1.807, 2.05) is 0 Å². The molecule has 0 aromatic carbocycles. The third-order valence-electron chi connectivity index (χ3n) is 3.63. The summed E-state index contributed by atoms with van der Waals surface area (Å²) in [5.41, 5.74) is 0.